The van der Waals surface area contributed by atoms with Crippen molar-refractivity contribution in [3.8, 4) is 0 Å². The van der Waals surface area contributed by atoms with Gasteiger partial charge < -0.3 is 0 Å². The average molecular weight is 125 g/mol. The fourth-order valence-corrected chi connectivity index (χ4v) is 0.433. The highest BCUT2D eigenvalue weighted by Crippen LogP contribution is 2.20. The van der Waals surface area contributed by atoms with Crippen LogP contribution in [0.1, 0.15) is 0 Å². The number of carbonyl (C=O) groups is 1. The predicted octanol–water partition coefficient (Wildman–Crippen LogP) is 1.67. The van der Waals surface area contributed by atoms with E-state index in [-0.39, 0.29) is 0 Å². The molecule has 0 N–H and O–H groups in total. The lowest BCUT2D eigenvalue weighted by atomic mass is 11.8. The monoisotopic (exact) mass is 125 g/mol. The van der Waals surface area contributed by atoms with Gasteiger partial charge >= 0.3 is 0 Å². The van der Waals surface area contributed by atoms with E-state index in [2.05, 4.69) is 11.7 Å². The van der Waals surface area contributed by atoms with E-state index < -0.39 is 0 Å². The summed E-state index contributed by atoms with van der Waals surface area (Å²) in [4.78, 5) is 9.28. The molecule has 29 valence electrons. The van der Waals surface area contributed by atoms with Gasteiger partial charge in [0.15, 0.2) is 5.62 Å². The fraction of sp³-hybridized carbons (Fsp3) is 0. The van der Waals surface area contributed by atoms with Gasteiger partial charge in [-0.15, -0.1) is 0 Å². The molecule has 5 heavy (non-hydrogen) atoms. The lowest BCUT2D eigenvalue weighted by Gasteiger charge is -1.65. The molecule has 0 saturated carbocycles. The summed E-state index contributed by atoms with van der Waals surface area (Å²) in [6, 6.07) is 0. The standard InChI is InChI=1S/CHOS3/c2-1-4-5-3/h1H. The van der Waals surface area contributed by atoms with Gasteiger partial charge in [-0.2, -0.15) is 0 Å². The van der Waals surface area contributed by atoms with Crippen LogP contribution in [-0.2, 0) is 4.79 Å². The van der Waals surface area contributed by atoms with Crippen LogP contribution in [0.25, 0.3) is 0 Å². The van der Waals surface area contributed by atoms with E-state index in [9.17, 15) is 4.79 Å². The maximum Gasteiger partial charge on any atom is 0.187 e. The van der Waals surface area contributed by atoms with Gasteiger partial charge in [0.25, 0.3) is 0 Å². The lowest BCUT2D eigenvalue weighted by molar-refractivity contribution is 0.570. The Kier molecular flexibility index (Phi) is 5.40. The first-order valence-corrected chi connectivity index (χ1v) is 3.94. The quantitative estimate of drug-likeness (QED) is 0.413. The molecule has 0 amide bonds. The van der Waals surface area contributed by atoms with Crippen molar-refractivity contribution in [2.45, 2.75) is 0 Å². The molecule has 0 rings (SSSR count). The van der Waals surface area contributed by atoms with Crippen LogP contribution >= 0.6 is 32.3 Å². The van der Waals surface area contributed by atoms with Crippen LogP contribution in [0.4, 0.5) is 0 Å². The van der Waals surface area contributed by atoms with Gasteiger partial charge in [-0.3, -0.25) is 4.79 Å². The van der Waals surface area contributed by atoms with E-state index in [1.165, 1.54) is 0 Å². The zero-order chi connectivity index (χ0) is 4.12. The molecule has 0 spiro atoms. The Bertz CT molecular complexity index is 28.1. The summed E-state index contributed by atoms with van der Waals surface area (Å²) in [5, 5.41) is 0. The summed E-state index contributed by atoms with van der Waals surface area (Å²) in [7, 11) is 2.05. The molecule has 1 radical (unpaired) electrons. The van der Waals surface area contributed by atoms with E-state index in [1.807, 2.05) is 0 Å². The minimum atomic E-state index is 0.706. The SMILES string of the molecule is O=CSS[S]. The van der Waals surface area contributed by atoms with Crippen molar-refractivity contribution in [1.82, 2.24) is 0 Å². The van der Waals surface area contributed by atoms with E-state index >= 15 is 0 Å². The smallest absolute Gasteiger partial charge is 0.187 e. The Morgan fingerprint density at radius 1 is 1.80 bits per heavy atom. The molecule has 0 heterocycles. The Morgan fingerprint density at radius 3 is 2.40 bits per heavy atom. The van der Waals surface area contributed by atoms with Crippen molar-refractivity contribution in [3.05, 3.63) is 0 Å². The lowest BCUT2D eigenvalue weighted by Crippen LogP contribution is -1.39. The van der Waals surface area contributed by atoms with Crippen molar-refractivity contribution in [2.75, 3.05) is 0 Å². The highest BCUT2D eigenvalue weighted by atomic mass is 33.5. The number of hydrogen-bond acceptors (Lipinski definition) is 3. The zero-order valence-corrected chi connectivity index (χ0v) is 4.66. The summed E-state index contributed by atoms with van der Waals surface area (Å²) < 4.78 is 0. The van der Waals surface area contributed by atoms with Gasteiger partial charge in [0.1, 0.15) is 0 Å². The van der Waals surface area contributed by atoms with E-state index in [1.54, 1.807) is 0 Å². The fourth-order valence-electron chi connectivity index (χ4n) is 0.0160. The van der Waals surface area contributed by atoms with Gasteiger partial charge in [0.05, 0.1) is 0 Å². The third kappa shape index (κ3) is 4.72. The molecule has 0 aromatic carbocycles. The Hall–Kier alpha value is 0.720. The third-order valence-electron chi connectivity index (χ3n) is 0.0786. The zero-order valence-electron chi connectivity index (χ0n) is 2.21. The first-order valence-electron chi connectivity index (χ1n) is 0.805. The molecule has 0 unspecified atom stereocenters. The van der Waals surface area contributed by atoms with Crippen molar-refractivity contribution < 1.29 is 4.79 Å². The van der Waals surface area contributed by atoms with Crippen molar-refractivity contribution in [1.29, 1.82) is 0 Å². The van der Waals surface area contributed by atoms with Crippen LogP contribution in [0.2, 0.25) is 0 Å². The first-order chi connectivity index (χ1) is 2.41. The number of rotatable bonds is 2. The molecule has 0 bridgehead atoms. The highest BCUT2D eigenvalue weighted by molar-refractivity contribution is 9.08. The third-order valence-corrected chi connectivity index (χ3v) is 1.41. The summed E-state index contributed by atoms with van der Waals surface area (Å²) >= 11 is 4.30. The Labute approximate surface area is 43.1 Å². The molecule has 0 aliphatic heterocycles. The largest absolute Gasteiger partial charge is 0.290 e. The topological polar surface area (TPSA) is 17.1 Å². The molecule has 0 fully saturated rings. The second-order valence-corrected chi connectivity index (χ2v) is 2.99. The summed E-state index contributed by atoms with van der Waals surface area (Å²) in [6.07, 6.45) is 0. The van der Waals surface area contributed by atoms with Crippen molar-refractivity contribution in [2.24, 2.45) is 0 Å². The molecule has 0 aliphatic carbocycles. The van der Waals surface area contributed by atoms with Gasteiger partial charge in [-0.25, -0.2) is 0 Å². The molecular formula is CHOS3. The molecule has 0 aromatic rings. The van der Waals surface area contributed by atoms with Gasteiger partial charge in [-0.05, 0) is 32.3 Å². The highest BCUT2D eigenvalue weighted by Gasteiger charge is 1.69. The maximum atomic E-state index is 9.28. The Balaban J connectivity index is 2.40. The summed E-state index contributed by atoms with van der Waals surface area (Å²) in [5.74, 6) is 0. The molecule has 0 aliphatic rings. The second kappa shape index (κ2) is 4.72. The number of hydrogen-bond donors (Lipinski definition) is 0. The van der Waals surface area contributed by atoms with Crippen molar-refractivity contribution in [3.63, 3.8) is 0 Å². The van der Waals surface area contributed by atoms with Gasteiger partial charge in [0.2, 0.25) is 0 Å². The van der Waals surface area contributed by atoms with E-state index in [4.69, 9.17) is 0 Å². The molecule has 0 aromatic heterocycles. The van der Waals surface area contributed by atoms with Crippen LogP contribution < -0.4 is 0 Å². The average Bonchev–Trinajstić information content (AvgIpc) is 1.41. The predicted molar refractivity (Wildman–Crippen MR) is 29.5 cm³/mol. The normalized spacial score (nSPS) is 7.40. The summed E-state index contributed by atoms with van der Waals surface area (Å²) in [5.41, 5.74) is 0.706. The molecular weight excluding hydrogens is 124 g/mol. The number of carbonyl (C=O) groups excluding carboxylic acids is 1. The molecule has 0 atom stereocenters. The van der Waals surface area contributed by atoms with Crippen LogP contribution in [0, 0.1) is 0 Å². The summed E-state index contributed by atoms with van der Waals surface area (Å²) in [6.45, 7) is 0. The van der Waals surface area contributed by atoms with Crippen LogP contribution in [0.5, 0.6) is 0 Å². The van der Waals surface area contributed by atoms with Crippen molar-refractivity contribution >= 4 is 37.9 Å². The molecule has 4 heteroatoms. The Morgan fingerprint density at radius 2 is 2.40 bits per heavy atom. The minimum absolute atomic E-state index is 0.706. The van der Waals surface area contributed by atoms with E-state index in [0.717, 1.165) is 20.6 Å². The minimum Gasteiger partial charge on any atom is -0.290 e. The molecule has 0 saturated heterocycles. The van der Waals surface area contributed by atoms with Gasteiger partial charge in [0, 0.05) is 0 Å². The van der Waals surface area contributed by atoms with Gasteiger partial charge in [-0.1, -0.05) is 0 Å². The second-order valence-electron chi connectivity index (χ2n) is 0.260. The first kappa shape index (κ1) is 5.72. The van der Waals surface area contributed by atoms with Crippen LogP contribution in [-0.4, -0.2) is 5.62 Å². The molecule has 1 nitrogen and oxygen atoms in total. The van der Waals surface area contributed by atoms with Crippen LogP contribution in [0.3, 0.4) is 0 Å². The van der Waals surface area contributed by atoms with Crippen LogP contribution in [0.15, 0.2) is 0 Å². The maximum absolute atomic E-state index is 9.28. The van der Waals surface area contributed by atoms with E-state index in [0.29, 0.717) is 5.62 Å².